The van der Waals surface area contributed by atoms with E-state index in [1.165, 1.54) is 4.31 Å². The topological polar surface area (TPSA) is 69.7 Å². The van der Waals surface area contributed by atoms with E-state index in [-0.39, 0.29) is 11.7 Å². The van der Waals surface area contributed by atoms with E-state index in [9.17, 15) is 13.2 Å². The van der Waals surface area contributed by atoms with Gasteiger partial charge in [-0.15, -0.1) is 0 Å². The van der Waals surface area contributed by atoms with Crippen molar-refractivity contribution >= 4 is 21.6 Å². The van der Waals surface area contributed by atoms with Gasteiger partial charge >= 0.3 is 0 Å². The number of carbonyl (C=O) groups is 1. The van der Waals surface area contributed by atoms with Crippen LogP contribution < -0.4 is 9.62 Å². The van der Waals surface area contributed by atoms with Crippen molar-refractivity contribution in [1.29, 1.82) is 0 Å². The number of nitrogens with zero attached hydrogens (tertiary/aromatic N) is 2. The van der Waals surface area contributed by atoms with Gasteiger partial charge in [-0.05, 0) is 57.0 Å². The number of sulfonamides is 1. The summed E-state index contributed by atoms with van der Waals surface area (Å²) in [6.45, 7) is 3.01. The van der Waals surface area contributed by atoms with Crippen LogP contribution in [0.5, 0.6) is 0 Å². The van der Waals surface area contributed by atoms with Crippen LogP contribution >= 0.6 is 0 Å². The number of hydrogen-bond donors (Lipinski definition) is 1. The smallest absolute Gasteiger partial charge is 0.253 e. The number of anilines is 1. The maximum absolute atomic E-state index is 12.7. The fourth-order valence-electron chi connectivity index (χ4n) is 3.54. The van der Waals surface area contributed by atoms with Gasteiger partial charge in [0.2, 0.25) is 10.0 Å². The molecular formula is C17H25N3O3S. The summed E-state index contributed by atoms with van der Waals surface area (Å²) in [5.74, 6) is 0.806. The fraction of sp³-hybridized carbons (Fsp3) is 0.588. The summed E-state index contributed by atoms with van der Waals surface area (Å²) in [7, 11) is -1.27. The molecule has 0 atom stereocenters. The molecule has 3 rings (SSSR count). The molecule has 0 spiro atoms. The van der Waals surface area contributed by atoms with Crippen LogP contribution in [-0.4, -0.2) is 58.2 Å². The van der Waals surface area contributed by atoms with E-state index in [0.29, 0.717) is 30.1 Å². The molecule has 2 saturated heterocycles. The maximum atomic E-state index is 12.7. The molecule has 2 heterocycles. The first-order chi connectivity index (χ1) is 11.5. The van der Waals surface area contributed by atoms with Crippen molar-refractivity contribution in [2.75, 3.05) is 43.3 Å². The Bertz CT molecular complexity index is 697. The third-order valence-corrected chi connectivity index (χ3v) is 6.74. The van der Waals surface area contributed by atoms with E-state index in [1.54, 1.807) is 24.3 Å². The van der Waals surface area contributed by atoms with Crippen LogP contribution in [-0.2, 0) is 10.0 Å². The number of nitrogens with one attached hydrogen (secondary N) is 1. The molecule has 0 unspecified atom stereocenters. The highest BCUT2D eigenvalue weighted by Gasteiger charge is 2.29. The van der Waals surface area contributed by atoms with Crippen molar-refractivity contribution in [2.24, 2.45) is 5.92 Å². The highest BCUT2D eigenvalue weighted by Crippen LogP contribution is 2.26. The standard InChI is InChI=1S/C17H25N3O3S/c1-18-13-14-6-9-19(10-7-14)17(21)15-4-2-5-16(12-15)20-8-3-11-24(20,22)23/h2,4-5,12,14,18H,3,6-11,13H2,1H3. The molecule has 6 nitrogen and oxygen atoms in total. The van der Waals surface area contributed by atoms with E-state index in [0.717, 1.165) is 32.5 Å². The Morgan fingerprint density at radius 1 is 1.25 bits per heavy atom. The van der Waals surface area contributed by atoms with Crippen LogP contribution in [0.15, 0.2) is 24.3 Å². The Kier molecular flexibility index (Phi) is 5.10. The van der Waals surface area contributed by atoms with E-state index in [1.807, 2.05) is 11.9 Å². The molecule has 2 fully saturated rings. The van der Waals surface area contributed by atoms with Crippen LogP contribution in [0.4, 0.5) is 5.69 Å². The maximum Gasteiger partial charge on any atom is 0.253 e. The number of rotatable bonds is 4. The molecule has 2 aliphatic heterocycles. The third-order valence-electron chi connectivity index (χ3n) is 4.87. The summed E-state index contributed by atoms with van der Waals surface area (Å²) in [6.07, 6.45) is 2.65. The van der Waals surface area contributed by atoms with Crippen molar-refractivity contribution in [2.45, 2.75) is 19.3 Å². The molecule has 7 heteroatoms. The Morgan fingerprint density at radius 2 is 2.00 bits per heavy atom. The van der Waals surface area contributed by atoms with Gasteiger partial charge in [-0.1, -0.05) is 6.07 Å². The van der Waals surface area contributed by atoms with Gasteiger partial charge in [0.1, 0.15) is 0 Å². The number of benzene rings is 1. The van der Waals surface area contributed by atoms with E-state index in [4.69, 9.17) is 0 Å². The highest BCUT2D eigenvalue weighted by molar-refractivity contribution is 7.93. The lowest BCUT2D eigenvalue weighted by atomic mass is 9.96. The monoisotopic (exact) mass is 351 g/mol. The average Bonchev–Trinajstić information content (AvgIpc) is 2.94. The summed E-state index contributed by atoms with van der Waals surface area (Å²) in [5.41, 5.74) is 1.17. The average molecular weight is 351 g/mol. The number of hydrogen-bond acceptors (Lipinski definition) is 4. The number of piperidine rings is 1. The van der Waals surface area contributed by atoms with E-state index in [2.05, 4.69) is 5.32 Å². The predicted molar refractivity (Wildman–Crippen MR) is 94.7 cm³/mol. The lowest BCUT2D eigenvalue weighted by molar-refractivity contribution is 0.0691. The zero-order valence-electron chi connectivity index (χ0n) is 14.1. The van der Waals surface area contributed by atoms with Gasteiger partial charge in [-0.2, -0.15) is 0 Å². The third kappa shape index (κ3) is 3.57. The number of likely N-dealkylation sites (tertiary alicyclic amines) is 1. The number of carbonyl (C=O) groups excluding carboxylic acids is 1. The Balaban J connectivity index is 1.71. The lowest BCUT2D eigenvalue weighted by Gasteiger charge is -2.32. The summed E-state index contributed by atoms with van der Waals surface area (Å²) in [5, 5.41) is 3.19. The van der Waals surface area contributed by atoms with Crippen molar-refractivity contribution in [3.63, 3.8) is 0 Å². The molecule has 1 aromatic rings. The van der Waals surface area contributed by atoms with Gasteiger partial charge in [0.25, 0.3) is 5.91 Å². The predicted octanol–water partition coefficient (Wildman–Crippen LogP) is 1.30. The second kappa shape index (κ2) is 7.11. The van der Waals surface area contributed by atoms with Crippen LogP contribution in [0.1, 0.15) is 29.6 Å². The normalized spacial score (nSPS) is 21.2. The Labute approximate surface area is 143 Å². The van der Waals surface area contributed by atoms with Crippen LogP contribution in [0.25, 0.3) is 0 Å². The van der Waals surface area contributed by atoms with E-state index < -0.39 is 10.0 Å². The van der Waals surface area contributed by atoms with Gasteiger partial charge in [-0.3, -0.25) is 9.10 Å². The summed E-state index contributed by atoms with van der Waals surface area (Å²) < 4.78 is 25.6. The molecule has 1 N–H and O–H groups in total. The molecule has 132 valence electrons. The first-order valence-corrected chi connectivity index (χ1v) is 10.2. The van der Waals surface area contributed by atoms with Gasteiger partial charge in [0.05, 0.1) is 11.4 Å². The molecule has 0 bridgehead atoms. The number of amides is 1. The van der Waals surface area contributed by atoms with Gasteiger partial charge in [-0.25, -0.2) is 8.42 Å². The minimum absolute atomic E-state index is 0.00338. The molecular weight excluding hydrogens is 326 g/mol. The molecule has 0 radical (unpaired) electrons. The van der Waals surface area contributed by atoms with Crippen molar-refractivity contribution in [1.82, 2.24) is 10.2 Å². The van der Waals surface area contributed by atoms with Crippen LogP contribution in [0.3, 0.4) is 0 Å². The molecule has 0 aliphatic carbocycles. The van der Waals surface area contributed by atoms with Crippen LogP contribution in [0.2, 0.25) is 0 Å². The molecule has 0 saturated carbocycles. The zero-order valence-corrected chi connectivity index (χ0v) is 14.9. The summed E-state index contributed by atoms with van der Waals surface area (Å²) in [6, 6.07) is 7.02. The van der Waals surface area contributed by atoms with Crippen molar-refractivity contribution in [3.05, 3.63) is 29.8 Å². The molecule has 24 heavy (non-hydrogen) atoms. The fourth-order valence-corrected chi connectivity index (χ4v) is 5.09. The molecule has 0 aromatic heterocycles. The highest BCUT2D eigenvalue weighted by atomic mass is 32.2. The zero-order chi connectivity index (χ0) is 17.2. The SMILES string of the molecule is CNCC1CCN(C(=O)c2cccc(N3CCCS3(=O)=O)c2)CC1. The van der Waals surface area contributed by atoms with Gasteiger partial charge < -0.3 is 10.2 Å². The quantitative estimate of drug-likeness (QED) is 0.888. The molecule has 1 aromatic carbocycles. The second-order valence-electron chi connectivity index (χ2n) is 6.59. The van der Waals surface area contributed by atoms with Crippen molar-refractivity contribution < 1.29 is 13.2 Å². The van der Waals surface area contributed by atoms with Crippen LogP contribution in [0, 0.1) is 5.92 Å². The van der Waals surface area contributed by atoms with E-state index >= 15 is 0 Å². The molecule has 1 amide bonds. The first-order valence-electron chi connectivity index (χ1n) is 8.55. The van der Waals surface area contributed by atoms with Crippen molar-refractivity contribution in [3.8, 4) is 0 Å². The molecule has 2 aliphatic rings. The Morgan fingerprint density at radius 3 is 2.62 bits per heavy atom. The minimum atomic E-state index is -3.22. The van der Waals surface area contributed by atoms with Gasteiger partial charge in [0, 0.05) is 25.2 Å². The summed E-state index contributed by atoms with van der Waals surface area (Å²) >= 11 is 0. The largest absolute Gasteiger partial charge is 0.339 e. The summed E-state index contributed by atoms with van der Waals surface area (Å²) in [4.78, 5) is 14.6. The first kappa shape index (κ1) is 17.2. The minimum Gasteiger partial charge on any atom is -0.339 e. The second-order valence-corrected chi connectivity index (χ2v) is 8.60. The lowest BCUT2D eigenvalue weighted by Crippen LogP contribution is -2.40. The Hall–Kier alpha value is -1.60. The van der Waals surface area contributed by atoms with Gasteiger partial charge in [0.15, 0.2) is 0 Å².